The first-order chi connectivity index (χ1) is 6.88. The molecule has 1 heterocycles. The van der Waals surface area contributed by atoms with Gasteiger partial charge in [-0.25, -0.2) is 13.1 Å². The zero-order chi connectivity index (χ0) is 11.5. The van der Waals surface area contributed by atoms with Crippen molar-refractivity contribution in [1.82, 2.24) is 9.62 Å². The van der Waals surface area contributed by atoms with Crippen molar-refractivity contribution in [2.24, 2.45) is 0 Å². The van der Waals surface area contributed by atoms with Gasteiger partial charge in [-0.3, -0.25) is 4.79 Å². The van der Waals surface area contributed by atoms with Gasteiger partial charge in [0.25, 0.3) is 0 Å². The van der Waals surface area contributed by atoms with Crippen LogP contribution in [0.3, 0.4) is 0 Å². The summed E-state index contributed by atoms with van der Waals surface area (Å²) < 4.78 is 23.8. The number of rotatable bonds is 5. The van der Waals surface area contributed by atoms with Crippen LogP contribution in [0, 0.1) is 0 Å². The SMILES string of the molecule is CS(=O)(=O)NCCCN1CC(O)CC1=O. The molecule has 7 heteroatoms. The van der Waals surface area contributed by atoms with Gasteiger partial charge in [-0.1, -0.05) is 0 Å². The van der Waals surface area contributed by atoms with Crippen LogP contribution in [0.25, 0.3) is 0 Å². The average molecular weight is 236 g/mol. The lowest BCUT2D eigenvalue weighted by Crippen LogP contribution is -2.30. The molecule has 88 valence electrons. The molecule has 1 rings (SSSR count). The second kappa shape index (κ2) is 4.91. The van der Waals surface area contributed by atoms with Crippen molar-refractivity contribution in [3.8, 4) is 0 Å². The molecule has 1 unspecified atom stereocenters. The number of likely N-dealkylation sites (tertiary alicyclic amines) is 1. The average Bonchev–Trinajstić information content (AvgIpc) is 2.37. The van der Waals surface area contributed by atoms with Crippen LogP contribution in [0.15, 0.2) is 0 Å². The first kappa shape index (κ1) is 12.4. The fraction of sp³-hybridized carbons (Fsp3) is 0.875. The maximum absolute atomic E-state index is 11.2. The zero-order valence-corrected chi connectivity index (χ0v) is 9.46. The van der Waals surface area contributed by atoms with Crippen molar-refractivity contribution in [2.75, 3.05) is 25.9 Å². The summed E-state index contributed by atoms with van der Waals surface area (Å²) in [4.78, 5) is 12.8. The predicted octanol–water partition coefficient (Wildman–Crippen LogP) is -1.48. The van der Waals surface area contributed by atoms with Crippen LogP contribution in [0.1, 0.15) is 12.8 Å². The lowest BCUT2D eigenvalue weighted by Gasteiger charge is -2.15. The van der Waals surface area contributed by atoms with Gasteiger partial charge in [-0.15, -0.1) is 0 Å². The van der Waals surface area contributed by atoms with E-state index in [9.17, 15) is 18.3 Å². The summed E-state index contributed by atoms with van der Waals surface area (Å²) in [6.07, 6.45) is 1.27. The lowest BCUT2D eigenvalue weighted by atomic mass is 10.3. The molecule has 1 saturated heterocycles. The molecule has 1 amide bonds. The summed E-state index contributed by atoms with van der Waals surface area (Å²) >= 11 is 0. The quantitative estimate of drug-likeness (QED) is 0.570. The van der Waals surface area contributed by atoms with Gasteiger partial charge in [0.15, 0.2) is 0 Å². The molecule has 1 aliphatic rings. The fourth-order valence-electron chi connectivity index (χ4n) is 1.49. The molecule has 0 aromatic rings. The third-order valence-electron chi connectivity index (χ3n) is 2.16. The van der Waals surface area contributed by atoms with E-state index in [1.165, 1.54) is 0 Å². The Morgan fingerprint density at radius 3 is 2.73 bits per heavy atom. The van der Waals surface area contributed by atoms with Gasteiger partial charge in [0.1, 0.15) is 0 Å². The summed E-state index contributed by atoms with van der Waals surface area (Å²) in [7, 11) is -3.15. The van der Waals surface area contributed by atoms with E-state index in [4.69, 9.17) is 0 Å². The monoisotopic (exact) mass is 236 g/mol. The molecule has 0 aromatic heterocycles. The number of amides is 1. The van der Waals surface area contributed by atoms with Gasteiger partial charge in [0.2, 0.25) is 15.9 Å². The first-order valence-corrected chi connectivity index (χ1v) is 6.68. The van der Waals surface area contributed by atoms with E-state index in [-0.39, 0.29) is 12.3 Å². The molecule has 0 aromatic carbocycles. The van der Waals surface area contributed by atoms with Crippen molar-refractivity contribution in [1.29, 1.82) is 0 Å². The van der Waals surface area contributed by atoms with E-state index in [0.717, 1.165) is 6.26 Å². The number of hydrogen-bond donors (Lipinski definition) is 2. The molecule has 1 atom stereocenters. The topological polar surface area (TPSA) is 86.7 Å². The van der Waals surface area contributed by atoms with Crippen molar-refractivity contribution < 1.29 is 18.3 Å². The number of hydrogen-bond acceptors (Lipinski definition) is 4. The Balaban J connectivity index is 2.18. The van der Waals surface area contributed by atoms with Crippen molar-refractivity contribution in [3.63, 3.8) is 0 Å². The highest BCUT2D eigenvalue weighted by atomic mass is 32.2. The minimum Gasteiger partial charge on any atom is -0.391 e. The normalized spacial score (nSPS) is 22.4. The maximum Gasteiger partial charge on any atom is 0.225 e. The molecular formula is C8H16N2O4S. The molecule has 0 radical (unpaired) electrons. The van der Waals surface area contributed by atoms with Gasteiger partial charge in [-0.05, 0) is 6.42 Å². The maximum atomic E-state index is 11.2. The highest BCUT2D eigenvalue weighted by Crippen LogP contribution is 2.10. The van der Waals surface area contributed by atoms with E-state index >= 15 is 0 Å². The summed E-state index contributed by atoms with van der Waals surface area (Å²) in [5, 5.41) is 9.18. The van der Waals surface area contributed by atoms with E-state index in [0.29, 0.717) is 26.1 Å². The van der Waals surface area contributed by atoms with Gasteiger partial charge < -0.3 is 10.0 Å². The largest absolute Gasteiger partial charge is 0.391 e. The predicted molar refractivity (Wildman–Crippen MR) is 54.7 cm³/mol. The van der Waals surface area contributed by atoms with E-state index in [1.54, 1.807) is 4.90 Å². The molecule has 1 aliphatic heterocycles. The Hall–Kier alpha value is -0.660. The first-order valence-electron chi connectivity index (χ1n) is 4.79. The van der Waals surface area contributed by atoms with Crippen LogP contribution in [0.5, 0.6) is 0 Å². The standard InChI is InChI=1S/C8H16N2O4S/c1-15(13,14)9-3-2-4-10-6-7(11)5-8(10)12/h7,9,11H,2-6H2,1H3. The molecule has 1 fully saturated rings. The zero-order valence-electron chi connectivity index (χ0n) is 8.64. The Bertz CT molecular complexity index is 328. The number of nitrogens with one attached hydrogen (secondary N) is 1. The van der Waals surface area contributed by atoms with Crippen LogP contribution in [0.4, 0.5) is 0 Å². The van der Waals surface area contributed by atoms with Crippen LogP contribution in [-0.2, 0) is 14.8 Å². The van der Waals surface area contributed by atoms with Crippen LogP contribution in [-0.4, -0.2) is 56.3 Å². The van der Waals surface area contributed by atoms with Crippen LogP contribution >= 0.6 is 0 Å². The van der Waals surface area contributed by atoms with Gasteiger partial charge in [0, 0.05) is 19.6 Å². The highest BCUT2D eigenvalue weighted by molar-refractivity contribution is 7.88. The summed E-state index contributed by atoms with van der Waals surface area (Å²) in [5.74, 6) is -0.0677. The molecule has 0 saturated carbocycles. The second-order valence-electron chi connectivity index (χ2n) is 3.72. The lowest BCUT2D eigenvalue weighted by molar-refractivity contribution is -0.127. The summed E-state index contributed by atoms with van der Waals surface area (Å²) in [5.41, 5.74) is 0. The van der Waals surface area contributed by atoms with E-state index < -0.39 is 16.1 Å². The molecule has 0 bridgehead atoms. The number of aliphatic hydroxyl groups excluding tert-OH is 1. The second-order valence-corrected chi connectivity index (χ2v) is 5.55. The number of carbonyl (C=O) groups excluding carboxylic acids is 1. The minimum atomic E-state index is -3.15. The van der Waals surface area contributed by atoms with Gasteiger partial charge >= 0.3 is 0 Å². The van der Waals surface area contributed by atoms with E-state index in [1.807, 2.05) is 0 Å². The summed E-state index contributed by atoms with van der Waals surface area (Å²) in [6, 6.07) is 0. The third-order valence-corrected chi connectivity index (χ3v) is 2.89. The smallest absolute Gasteiger partial charge is 0.225 e. The van der Waals surface area contributed by atoms with E-state index in [2.05, 4.69) is 4.72 Å². The molecular weight excluding hydrogens is 220 g/mol. The highest BCUT2D eigenvalue weighted by Gasteiger charge is 2.27. The molecule has 0 aliphatic carbocycles. The Morgan fingerprint density at radius 1 is 1.60 bits per heavy atom. The van der Waals surface area contributed by atoms with Crippen molar-refractivity contribution >= 4 is 15.9 Å². The molecule has 0 spiro atoms. The number of sulfonamides is 1. The molecule has 2 N–H and O–H groups in total. The number of carbonyl (C=O) groups is 1. The third kappa shape index (κ3) is 4.59. The van der Waals surface area contributed by atoms with Crippen molar-refractivity contribution in [2.45, 2.75) is 18.9 Å². The van der Waals surface area contributed by atoms with Crippen LogP contribution < -0.4 is 4.72 Å². The Kier molecular flexibility index (Phi) is 4.06. The van der Waals surface area contributed by atoms with Gasteiger partial charge in [-0.2, -0.15) is 0 Å². The number of aliphatic hydroxyl groups is 1. The fourth-order valence-corrected chi connectivity index (χ4v) is 2.01. The molecule has 6 nitrogen and oxygen atoms in total. The van der Waals surface area contributed by atoms with Gasteiger partial charge in [0.05, 0.1) is 18.8 Å². The number of nitrogens with zero attached hydrogens (tertiary/aromatic N) is 1. The minimum absolute atomic E-state index is 0.0677. The Morgan fingerprint density at radius 2 is 2.27 bits per heavy atom. The van der Waals surface area contributed by atoms with Crippen LogP contribution in [0.2, 0.25) is 0 Å². The van der Waals surface area contributed by atoms with Crippen molar-refractivity contribution in [3.05, 3.63) is 0 Å². The Labute approximate surface area is 89.3 Å². The molecule has 15 heavy (non-hydrogen) atoms. The number of β-amino-alcohol motifs (C(OH)–C–C–N with tert-alkyl or cyclic N) is 1. The summed E-state index contributed by atoms with van der Waals surface area (Å²) in [6.45, 7) is 1.16.